The van der Waals surface area contributed by atoms with Crippen molar-refractivity contribution >= 4 is 35.5 Å². The fraction of sp³-hybridized carbons (Fsp3) is 0.636. The van der Waals surface area contributed by atoms with Crippen LogP contribution in [-0.4, -0.2) is 58.3 Å². The Hall–Kier alpha value is -1.57. The van der Waals surface area contributed by atoms with Gasteiger partial charge in [-0.2, -0.15) is 0 Å². The van der Waals surface area contributed by atoms with Gasteiger partial charge in [-0.3, -0.25) is 24.1 Å². The Labute approximate surface area is 114 Å². The SMILES string of the molecule is O=C(O)CSCC(=O)NCCN1C(=O)CCCC1=O. The van der Waals surface area contributed by atoms with Gasteiger partial charge in [-0.25, -0.2) is 0 Å². The number of nitrogens with zero attached hydrogens (tertiary/aromatic N) is 1. The van der Waals surface area contributed by atoms with Gasteiger partial charge in [0.1, 0.15) is 0 Å². The van der Waals surface area contributed by atoms with Crippen LogP contribution in [0, 0.1) is 0 Å². The van der Waals surface area contributed by atoms with E-state index in [-0.39, 0.29) is 42.3 Å². The van der Waals surface area contributed by atoms with E-state index < -0.39 is 5.97 Å². The van der Waals surface area contributed by atoms with E-state index in [9.17, 15) is 19.2 Å². The third kappa shape index (κ3) is 5.73. The van der Waals surface area contributed by atoms with Crippen LogP contribution in [0.5, 0.6) is 0 Å². The molecule has 7 nitrogen and oxygen atoms in total. The van der Waals surface area contributed by atoms with Gasteiger partial charge in [0.25, 0.3) is 0 Å². The van der Waals surface area contributed by atoms with E-state index in [1.54, 1.807) is 0 Å². The van der Waals surface area contributed by atoms with Crippen LogP contribution in [-0.2, 0) is 19.2 Å². The van der Waals surface area contributed by atoms with Crippen LogP contribution in [0.15, 0.2) is 0 Å². The molecule has 1 aliphatic rings. The van der Waals surface area contributed by atoms with E-state index in [4.69, 9.17) is 5.11 Å². The number of carbonyl (C=O) groups is 4. The van der Waals surface area contributed by atoms with Gasteiger partial charge in [0.15, 0.2) is 0 Å². The quantitative estimate of drug-likeness (QED) is 0.610. The Balaban J connectivity index is 2.18. The molecule has 1 rings (SSSR count). The van der Waals surface area contributed by atoms with Crippen LogP contribution in [0.3, 0.4) is 0 Å². The largest absolute Gasteiger partial charge is 0.481 e. The van der Waals surface area contributed by atoms with Gasteiger partial charge in [-0.05, 0) is 6.42 Å². The van der Waals surface area contributed by atoms with Crippen molar-refractivity contribution in [2.24, 2.45) is 0 Å². The fourth-order valence-electron chi connectivity index (χ4n) is 1.64. The third-order valence-corrected chi connectivity index (χ3v) is 3.42. The molecule has 106 valence electrons. The molecular weight excluding hydrogens is 272 g/mol. The van der Waals surface area contributed by atoms with Gasteiger partial charge < -0.3 is 10.4 Å². The molecule has 1 saturated heterocycles. The third-order valence-electron chi connectivity index (χ3n) is 2.50. The molecule has 1 heterocycles. The van der Waals surface area contributed by atoms with Gasteiger partial charge in [0.05, 0.1) is 11.5 Å². The molecule has 0 aromatic rings. The summed E-state index contributed by atoms with van der Waals surface area (Å²) in [6, 6.07) is 0. The minimum Gasteiger partial charge on any atom is -0.481 e. The van der Waals surface area contributed by atoms with E-state index >= 15 is 0 Å². The lowest BCUT2D eigenvalue weighted by Crippen LogP contribution is -2.44. The molecule has 0 aromatic carbocycles. The highest BCUT2D eigenvalue weighted by Gasteiger charge is 2.25. The number of thioether (sulfide) groups is 1. The zero-order chi connectivity index (χ0) is 14.3. The fourth-order valence-corrected chi connectivity index (χ4v) is 2.20. The molecule has 1 fully saturated rings. The number of carboxylic acid groups (broad SMARTS) is 1. The maximum absolute atomic E-state index is 11.5. The van der Waals surface area contributed by atoms with Gasteiger partial charge in [0, 0.05) is 25.9 Å². The molecule has 0 unspecified atom stereocenters. The molecule has 0 atom stereocenters. The van der Waals surface area contributed by atoms with Crippen LogP contribution >= 0.6 is 11.8 Å². The van der Waals surface area contributed by atoms with Crippen molar-refractivity contribution in [3.05, 3.63) is 0 Å². The molecule has 3 amide bonds. The lowest BCUT2D eigenvalue weighted by atomic mass is 10.1. The number of hydrogen-bond donors (Lipinski definition) is 2. The molecule has 0 saturated carbocycles. The number of piperidine rings is 1. The normalized spacial score (nSPS) is 15.5. The molecule has 0 spiro atoms. The van der Waals surface area contributed by atoms with Crippen LogP contribution in [0.1, 0.15) is 19.3 Å². The number of carbonyl (C=O) groups excluding carboxylic acids is 3. The second-order valence-electron chi connectivity index (χ2n) is 4.03. The standard InChI is InChI=1S/C11H16N2O5S/c14-8(6-19-7-11(17)18)12-4-5-13-9(15)2-1-3-10(13)16/h1-7H2,(H,12,14)(H,17,18). The summed E-state index contributed by atoms with van der Waals surface area (Å²) in [5, 5.41) is 10.9. The summed E-state index contributed by atoms with van der Waals surface area (Å²) in [5.41, 5.74) is 0. The van der Waals surface area contributed by atoms with E-state index in [1.165, 1.54) is 0 Å². The van der Waals surface area contributed by atoms with E-state index in [0.29, 0.717) is 19.3 Å². The Morgan fingerprint density at radius 3 is 2.42 bits per heavy atom. The minimum absolute atomic E-state index is 0.0498. The summed E-state index contributed by atoms with van der Waals surface area (Å²) in [6.45, 7) is 0.372. The average molecular weight is 288 g/mol. The molecule has 19 heavy (non-hydrogen) atoms. The maximum Gasteiger partial charge on any atom is 0.313 e. The van der Waals surface area contributed by atoms with Gasteiger partial charge in [-0.15, -0.1) is 11.8 Å². The summed E-state index contributed by atoms with van der Waals surface area (Å²) in [6.07, 6.45) is 1.33. The number of aliphatic carboxylic acids is 1. The van der Waals surface area contributed by atoms with E-state index in [0.717, 1.165) is 16.7 Å². The zero-order valence-electron chi connectivity index (χ0n) is 10.4. The lowest BCUT2D eigenvalue weighted by Gasteiger charge is -2.24. The van der Waals surface area contributed by atoms with Gasteiger partial charge >= 0.3 is 5.97 Å². The molecule has 0 radical (unpaired) electrons. The highest BCUT2D eigenvalue weighted by atomic mass is 32.2. The minimum atomic E-state index is -0.970. The summed E-state index contributed by atoms with van der Waals surface area (Å²) in [5.74, 6) is -1.76. The number of carboxylic acids is 1. The predicted octanol–water partition coefficient (Wildman–Crippen LogP) is -0.541. The first-order chi connectivity index (χ1) is 9.00. The monoisotopic (exact) mass is 288 g/mol. The highest BCUT2D eigenvalue weighted by molar-refractivity contribution is 8.00. The Kier molecular flexibility index (Phi) is 6.34. The second kappa shape index (κ2) is 7.78. The molecular formula is C11H16N2O5S. The molecule has 0 aliphatic carbocycles. The zero-order valence-corrected chi connectivity index (χ0v) is 11.2. The number of imide groups is 1. The van der Waals surface area contributed by atoms with Crippen molar-refractivity contribution in [1.29, 1.82) is 0 Å². The number of nitrogens with one attached hydrogen (secondary N) is 1. The Morgan fingerprint density at radius 2 is 1.84 bits per heavy atom. The molecule has 0 bridgehead atoms. The Bertz CT molecular complexity index is 369. The van der Waals surface area contributed by atoms with Crippen LogP contribution in [0.4, 0.5) is 0 Å². The topological polar surface area (TPSA) is 104 Å². The lowest BCUT2D eigenvalue weighted by molar-refractivity contribution is -0.148. The number of hydrogen-bond acceptors (Lipinski definition) is 5. The molecule has 1 aliphatic heterocycles. The van der Waals surface area contributed by atoms with Crippen molar-refractivity contribution in [2.45, 2.75) is 19.3 Å². The first kappa shape index (κ1) is 15.5. The summed E-state index contributed by atoms with van der Waals surface area (Å²) >= 11 is 0.998. The van der Waals surface area contributed by atoms with Crippen LogP contribution in [0.2, 0.25) is 0 Å². The molecule has 8 heteroatoms. The molecule has 0 aromatic heterocycles. The van der Waals surface area contributed by atoms with Crippen molar-refractivity contribution in [1.82, 2.24) is 10.2 Å². The first-order valence-corrected chi connectivity index (χ1v) is 7.05. The number of amides is 3. The van der Waals surface area contributed by atoms with Gasteiger partial charge in [-0.1, -0.05) is 0 Å². The number of likely N-dealkylation sites (tertiary alicyclic amines) is 1. The number of rotatable bonds is 7. The first-order valence-electron chi connectivity index (χ1n) is 5.90. The maximum atomic E-state index is 11.5. The summed E-state index contributed by atoms with van der Waals surface area (Å²) in [4.78, 5) is 45.6. The van der Waals surface area contributed by atoms with Crippen LogP contribution in [0.25, 0.3) is 0 Å². The van der Waals surface area contributed by atoms with Crippen LogP contribution < -0.4 is 5.32 Å². The van der Waals surface area contributed by atoms with Crippen molar-refractivity contribution in [2.75, 3.05) is 24.6 Å². The smallest absolute Gasteiger partial charge is 0.313 e. The Morgan fingerprint density at radius 1 is 1.21 bits per heavy atom. The van der Waals surface area contributed by atoms with Crippen molar-refractivity contribution < 1.29 is 24.3 Å². The van der Waals surface area contributed by atoms with Crippen molar-refractivity contribution in [3.8, 4) is 0 Å². The summed E-state index contributed by atoms with van der Waals surface area (Å²) in [7, 11) is 0. The average Bonchev–Trinajstić information content (AvgIpc) is 2.32. The molecule has 2 N–H and O–H groups in total. The van der Waals surface area contributed by atoms with E-state index in [1.807, 2.05) is 0 Å². The van der Waals surface area contributed by atoms with E-state index in [2.05, 4.69) is 5.32 Å². The second-order valence-corrected chi connectivity index (χ2v) is 5.01. The highest BCUT2D eigenvalue weighted by Crippen LogP contribution is 2.11. The predicted molar refractivity (Wildman–Crippen MR) is 68.5 cm³/mol. The summed E-state index contributed by atoms with van der Waals surface area (Å²) < 4.78 is 0. The van der Waals surface area contributed by atoms with Crippen molar-refractivity contribution in [3.63, 3.8) is 0 Å². The van der Waals surface area contributed by atoms with Gasteiger partial charge in [0.2, 0.25) is 17.7 Å².